The van der Waals surface area contributed by atoms with E-state index in [4.69, 9.17) is 23.7 Å². The average Bonchev–Trinajstić information content (AvgIpc) is 2.98. The van der Waals surface area contributed by atoms with E-state index in [0.717, 1.165) is 0 Å². The largest absolute Gasteiger partial charge is 0.493 e. The third kappa shape index (κ3) is 7.97. The molecular weight excluding hydrogens is 518 g/mol. The van der Waals surface area contributed by atoms with E-state index in [-0.39, 0.29) is 36.1 Å². The van der Waals surface area contributed by atoms with Gasteiger partial charge >= 0.3 is 5.97 Å². The van der Waals surface area contributed by atoms with Gasteiger partial charge in [0, 0.05) is 18.5 Å². The average molecular weight is 550 g/mol. The molecule has 3 aromatic rings. The lowest BCUT2D eigenvalue weighted by Gasteiger charge is -2.15. The van der Waals surface area contributed by atoms with Crippen LogP contribution in [0.15, 0.2) is 65.8 Å². The second-order valence-electron chi connectivity index (χ2n) is 8.11. The van der Waals surface area contributed by atoms with Crippen LogP contribution in [0, 0.1) is 0 Å². The molecule has 0 unspecified atom stereocenters. The fourth-order valence-corrected chi connectivity index (χ4v) is 3.53. The molecule has 0 saturated heterocycles. The van der Waals surface area contributed by atoms with Crippen LogP contribution >= 0.6 is 0 Å². The van der Waals surface area contributed by atoms with Crippen molar-refractivity contribution in [2.75, 3.05) is 34.5 Å². The number of hydrogen-bond acceptors (Lipinski definition) is 9. The van der Waals surface area contributed by atoms with Crippen molar-refractivity contribution in [2.45, 2.75) is 13.3 Å². The first kappa shape index (κ1) is 29.5. The van der Waals surface area contributed by atoms with Gasteiger partial charge in [-0.1, -0.05) is 18.2 Å². The Labute approximate surface area is 232 Å². The highest BCUT2D eigenvalue weighted by atomic mass is 16.6. The predicted molar refractivity (Wildman–Crippen MR) is 148 cm³/mol. The molecule has 2 amide bonds. The number of nitrogens with zero attached hydrogens (tertiary/aromatic N) is 1. The van der Waals surface area contributed by atoms with Gasteiger partial charge in [-0.3, -0.25) is 9.59 Å². The molecule has 0 saturated carbocycles. The first-order valence-electron chi connectivity index (χ1n) is 12.3. The summed E-state index contributed by atoms with van der Waals surface area (Å²) >= 11 is 0. The molecule has 0 spiro atoms. The van der Waals surface area contributed by atoms with E-state index in [0.29, 0.717) is 40.7 Å². The number of ether oxygens (including phenoxy) is 5. The van der Waals surface area contributed by atoms with E-state index in [1.165, 1.54) is 39.7 Å². The molecule has 210 valence electrons. The fraction of sp³-hybridized carbons (Fsp3) is 0.241. The SMILES string of the molecule is CCOc1cc(/C=N\NC(=O)CCNC(=O)c2ccccc2)ccc1OC(=O)c1cc(OC)c(OC)c(OC)c1. The van der Waals surface area contributed by atoms with E-state index in [1.807, 2.05) is 6.07 Å². The number of carbonyl (C=O) groups is 3. The number of hydrazone groups is 1. The van der Waals surface area contributed by atoms with Crippen LogP contribution in [0.5, 0.6) is 28.7 Å². The van der Waals surface area contributed by atoms with Crippen molar-refractivity contribution in [2.24, 2.45) is 5.10 Å². The van der Waals surface area contributed by atoms with Gasteiger partial charge in [-0.2, -0.15) is 5.10 Å². The van der Waals surface area contributed by atoms with Gasteiger partial charge in [0.25, 0.3) is 5.91 Å². The van der Waals surface area contributed by atoms with E-state index in [2.05, 4.69) is 15.8 Å². The quantitative estimate of drug-likeness (QED) is 0.143. The molecule has 11 heteroatoms. The molecule has 0 radical (unpaired) electrons. The summed E-state index contributed by atoms with van der Waals surface area (Å²) in [5, 5.41) is 6.63. The minimum atomic E-state index is -0.659. The predicted octanol–water partition coefficient (Wildman–Crippen LogP) is 3.60. The summed E-state index contributed by atoms with van der Waals surface area (Å²) in [6, 6.07) is 16.5. The first-order valence-corrected chi connectivity index (χ1v) is 12.3. The minimum Gasteiger partial charge on any atom is -0.493 e. The number of benzene rings is 3. The summed E-state index contributed by atoms with van der Waals surface area (Å²) in [7, 11) is 4.37. The molecule has 40 heavy (non-hydrogen) atoms. The Balaban J connectivity index is 1.61. The molecule has 0 aliphatic rings. The van der Waals surface area contributed by atoms with Gasteiger partial charge in [-0.15, -0.1) is 0 Å². The van der Waals surface area contributed by atoms with Crippen molar-refractivity contribution in [1.29, 1.82) is 0 Å². The molecule has 0 bridgehead atoms. The second kappa shape index (κ2) is 14.8. The Morgan fingerprint density at radius 2 is 1.52 bits per heavy atom. The zero-order valence-corrected chi connectivity index (χ0v) is 22.7. The number of carbonyl (C=O) groups excluding carboxylic acids is 3. The number of methoxy groups -OCH3 is 3. The highest BCUT2D eigenvalue weighted by molar-refractivity contribution is 5.94. The molecule has 3 rings (SSSR count). The lowest BCUT2D eigenvalue weighted by molar-refractivity contribution is -0.120. The highest BCUT2D eigenvalue weighted by Crippen LogP contribution is 2.38. The summed E-state index contributed by atoms with van der Waals surface area (Å²) in [6.07, 6.45) is 1.48. The number of rotatable bonds is 13. The molecule has 0 heterocycles. The van der Waals surface area contributed by atoms with Gasteiger partial charge in [-0.05, 0) is 55.0 Å². The van der Waals surface area contributed by atoms with Crippen molar-refractivity contribution in [3.05, 3.63) is 77.4 Å². The van der Waals surface area contributed by atoms with E-state index < -0.39 is 5.97 Å². The summed E-state index contributed by atoms with van der Waals surface area (Å²) in [5.74, 6) is 0.185. The highest BCUT2D eigenvalue weighted by Gasteiger charge is 2.20. The maximum Gasteiger partial charge on any atom is 0.343 e. The normalized spacial score (nSPS) is 10.5. The van der Waals surface area contributed by atoms with Crippen LogP contribution in [0.1, 0.15) is 39.6 Å². The maximum absolute atomic E-state index is 12.9. The third-order valence-corrected chi connectivity index (χ3v) is 5.45. The van der Waals surface area contributed by atoms with Crippen LogP contribution in [0.2, 0.25) is 0 Å². The van der Waals surface area contributed by atoms with Gasteiger partial charge in [0.1, 0.15) is 0 Å². The van der Waals surface area contributed by atoms with Crippen molar-refractivity contribution >= 4 is 24.0 Å². The van der Waals surface area contributed by atoms with Crippen LogP contribution in [0.3, 0.4) is 0 Å². The van der Waals surface area contributed by atoms with Crippen LogP contribution in [0.4, 0.5) is 0 Å². The Morgan fingerprint density at radius 3 is 2.15 bits per heavy atom. The number of nitrogens with one attached hydrogen (secondary N) is 2. The van der Waals surface area contributed by atoms with Gasteiger partial charge < -0.3 is 29.0 Å². The van der Waals surface area contributed by atoms with Crippen LogP contribution in [0.25, 0.3) is 0 Å². The van der Waals surface area contributed by atoms with Crippen molar-refractivity contribution < 1.29 is 38.1 Å². The Morgan fingerprint density at radius 1 is 0.825 bits per heavy atom. The monoisotopic (exact) mass is 549 g/mol. The lowest BCUT2D eigenvalue weighted by Crippen LogP contribution is -2.28. The van der Waals surface area contributed by atoms with Gasteiger partial charge in [-0.25, -0.2) is 10.2 Å². The van der Waals surface area contributed by atoms with Crippen molar-refractivity contribution in [1.82, 2.24) is 10.7 Å². The van der Waals surface area contributed by atoms with Gasteiger partial charge in [0.15, 0.2) is 23.0 Å². The fourth-order valence-electron chi connectivity index (χ4n) is 3.53. The standard InChI is InChI=1S/C29H31N3O8/c1-5-39-23-15-19(18-31-32-26(33)13-14-30-28(34)20-9-7-6-8-10-20)11-12-22(23)40-29(35)21-16-24(36-2)27(38-4)25(17-21)37-3/h6-12,15-18H,5,13-14H2,1-4H3,(H,30,34)(H,32,33)/b31-18-. The number of hydrogen-bond donors (Lipinski definition) is 2. The molecule has 11 nitrogen and oxygen atoms in total. The first-order chi connectivity index (χ1) is 19.4. The third-order valence-electron chi connectivity index (χ3n) is 5.45. The van der Waals surface area contributed by atoms with E-state index >= 15 is 0 Å². The second-order valence-corrected chi connectivity index (χ2v) is 8.11. The van der Waals surface area contributed by atoms with Crippen molar-refractivity contribution in [3.8, 4) is 28.7 Å². The Kier molecular flexibility index (Phi) is 10.9. The minimum absolute atomic E-state index is 0.0515. The zero-order valence-electron chi connectivity index (χ0n) is 22.7. The van der Waals surface area contributed by atoms with E-state index in [9.17, 15) is 14.4 Å². The molecule has 0 fully saturated rings. The zero-order chi connectivity index (χ0) is 28.9. The smallest absolute Gasteiger partial charge is 0.343 e. The molecule has 0 atom stereocenters. The lowest BCUT2D eigenvalue weighted by atomic mass is 10.1. The summed E-state index contributed by atoms with van der Waals surface area (Å²) in [6.45, 7) is 2.28. The summed E-state index contributed by atoms with van der Waals surface area (Å²) in [5.41, 5.74) is 3.71. The Bertz CT molecular complexity index is 1330. The molecule has 0 aliphatic heterocycles. The van der Waals surface area contributed by atoms with Gasteiger partial charge in [0.2, 0.25) is 11.7 Å². The van der Waals surface area contributed by atoms with Crippen LogP contribution in [-0.2, 0) is 4.79 Å². The topological polar surface area (TPSA) is 134 Å². The molecular formula is C29H31N3O8. The number of amides is 2. The van der Waals surface area contributed by atoms with E-state index in [1.54, 1.807) is 49.4 Å². The molecule has 3 aromatic carbocycles. The van der Waals surface area contributed by atoms with Crippen LogP contribution in [-0.4, -0.2) is 58.5 Å². The Hall–Kier alpha value is -5.06. The van der Waals surface area contributed by atoms with Crippen molar-refractivity contribution in [3.63, 3.8) is 0 Å². The van der Waals surface area contributed by atoms with Gasteiger partial charge in [0.05, 0.1) is 39.7 Å². The maximum atomic E-state index is 12.9. The summed E-state index contributed by atoms with van der Waals surface area (Å²) in [4.78, 5) is 37.0. The molecule has 0 aliphatic carbocycles. The molecule has 0 aromatic heterocycles. The summed E-state index contributed by atoms with van der Waals surface area (Å²) < 4.78 is 27.1. The number of esters is 1. The van der Waals surface area contributed by atoms with Crippen LogP contribution < -0.4 is 34.4 Å². The molecule has 2 N–H and O–H groups in total.